The van der Waals surface area contributed by atoms with Crippen LogP contribution >= 0.6 is 11.8 Å². The third kappa shape index (κ3) is 9.64. The number of ketones is 1. The molecule has 0 saturated carbocycles. The molecule has 0 aliphatic heterocycles. The van der Waals surface area contributed by atoms with E-state index in [0.29, 0.717) is 0 Å². The van der Waals surface area contributed by atoms with Crippen molar-refractivity contribution in [1.29, 1.82) is 0 Å². The molecule has 0 unspecified atom stereocenters. The molecule has 0 bridgehead atoms. The quantitative estimate of drug-likeness (QED) is 0.489. The van der Waals surface area contributed by atoms with Gasteiger partial charge < -0.3 is 16.0 Å². The van der Waals surface area contributed by atoms with Gasteiger partial charge in [-0.2, -0.15) is 11.8 Å². The molecule has 0 atom stereocenters. The molecule has 0 heterocycles. The molecule has 102 valence electrons. The van der Waals surface area contributed by atoms with Gasteiger partial charge in [-0.05, 0) is 13.2 Å². The molecule has 0 aromatic heterocycles. The van der Waals surface area contributed by atoms with Crippen LogP contribution < -0.4 is 16.0 Å². The Morgan fingerprint density at radius 2 is 1.28 bits per heavy atom. The Morgan fingerprint density at radius 3 is 1.72 bits per heavy atom. The molecular formula is C10H17N3O4S. The van der Waals surface area contributed by atoms with Crippen LogP contribution in [0, 0.1) is 0 Å². The first-order valence-electron chi connectivity index (χ1n) is 5.24. The summed E-state index contributed by atoms with van der Waals surface area (Å²) in [5.41, 5.74) is 0. The Kier molecular flexibility index (Phi) is 8.63. The predicted octanol–water partition coefficient (Wildman–Crippen LogP) is -1.71. The van der Waals surface area contributed by atoms with Crippen molar-refractivity contribution in [2.24, 2.45) is 0 Å². The van der Waals surface area contributed by atoms with Crippen LogP contribution in [0.2, 0.25) is 0 Å². The topological polar surface area (TPSA) is 104 Å². The molecule has 0 aromatic rings. The minimum atomic E-state index is -0.456. The lowest BCUT2D eigenvalue weighted by molar-refractivity contribution is -0.127. The Morgan fingerprint density at radius 1 is 0.833 bits per heavy atom. The Hall–Kier alpha value is -1.57. The number of nitrogens with one attached hydrogen (secondary N) is 3. The number of rotatable bonds is 8. The van der Waals surface area contributed by atoms with Crippen molar-refractivity contribution in [3.05, 3.63) is 0 Å². The first kappa shape index (κ1) is 16.4. The highest BCUT2D eigenvalue weighted by atomic mass is 32.2. The van der Waals surface area contributed by atoms with Gasteiger partial charge in [-0.25, -0.2) is 0 Å². The van der Waals surface area contributed by atoms with Gasteiger partial charge in [0.05, 0.1) is 25.4 Å². The summed E-state index contributed by atoms with van der Waals surface area (Å²) in [6.07, 6.45) is 1.78. The summed E-state index contributed by atoms with van der Waals surface area (Å²) in [5, 5.41) is 7.05. The van der Waals surface area contributed by atoms with Crippen LogP contribution in [0.25, 0.3) is 0 Å². The summed E-state index contributed by atoms with van der Waals surface area (Å²) in [4.78, 5) is 43.9. The zero-order valence-corrected chi connectivity index (χ0v) is 11.2. The first-order valence-corrected chi connectivity index (χ1v) is 6.63. The standard InChI is InChI=1S/C10H17N3O4S/c1-7(14)3-11-8(15)4-12-9(16)5-13-10(17)6-18-2/h3-6H2,1-2H3,(H,11,15)(H,12,16)(H,13,17). The molecule has 0 rings (SSSR count). The maximum atomic E-state index is 11.2. The summed E-state index contributed by atoms with van der Waals surface area (Å²) in [6, 6.07) is 0. The van der Waals surface area contributed by atoms with Crippen LogP contribution in [0.3, 0.4) is 0 Å². The van der Waals surface area contributed by atoms with E-state index in [1.54, 1.807) is 6.26 Å². The van der Waals surface area contributed by atoms with Crippen LogP contribution in [0.5, 0.6) is 0 Å². The van der Waals surface area contributed by atoms with Crippen molar-refractivity contribution < 1.29 is 19.2 Å². The lowest BCUT2D eigenvalue weighted by atomic mass is 10.4. The Labute approximate surface area is 109 Å². The van der Waals surface area contributed by atoms with E-state index in [1.807, 2.05) is 0 Å². The molecule has 3 amide bonds. The van der Waals surface area contributed by atoms with Crippen molar-refractivity contribution in [1.82, 2.24) is 16.0 Å². The number of hydrogen-bond donors (Lipinski definition) is 3. The highest BCUT2D eigenvalue weighted by molar-refractivity contribution is 7.99. The van der Waals surface area contributed by atoms with Gasteiger partial charge in [-0.3, -0.25) is 19.2 Å². The molecule has 8 heteroatoms. The van der Waals surface area contributed by atoms with Crippen LogP contribution in [0.15, 0.2) is 0 Å². The normalized spacial score (nSPS) is 9.44. The highest BCUT2D eigenvalue weighted by Gasteiger charge is 2.07. The summed E-state index contributed by atoms with van der Waals surface area (Å²) >= 11 is 1.35. The van der Waals surface area contributed by atoms with E-state index in [1.165, 1.54) is 18.7 Å². The van der Waals surface area contributed by atoms with Crippen molar-refractivity contribution in [2.75, 3.05) is 31.6 Å². The second-order valence-corrected chi connectivity index (χ2v) is 4.33. The summed E-state index contributed by atoms with van der Waals surface area (Å²) in [6.45, 7) is 0.906. The zero-order valence-electron chi connectivity index (χ0n) is 10.4. The van der Waals surface area contributed by atoms with Gasteiger partial charge in [0.15, 0.2) is 0 Å². The second-order valence-electron chi connectivity index (χ2n) is 3.47. The number of carbonyl (C=O) groups excluding carboxylic acids is 4. The van der Waals surface area contributed by atoms with E-state index >= 15 is 0 Å². The van der Waals surface area contributed by atoms with Crippen LogP contribution in [0.1, 0.15) is 6.92 Å². The average Bonchev–Trinajstić information content (AvgIpc) is 2.31. The lowest BCUT2D eigenvalue weighted by Gasteiger charge is -2.06. The molecule has 0 fully saturated rings. The number of carbonyl (C=O) groups is 4. The third-order valence-corrected chi connectivity index (χ3v) is 2.25. The Balaban J connectivity index is 3.67. The molecule has 18 heavy (non-hydrogen) atoms. The molecule has 0 aromatic carbocycles. The molecule has 0 spiro atoms. The van der Waals surface area contributed by atoms with Gasteiger partial charge in [-0.1, -0.05) is 0 Å². The minimum absolute atomic E-state index is 0.0564. The number of amides is 3. The van der Waals surface area contributed by atoms with Crippen LogP contribution in [0.4, 0.5) is 0 Å². The SMILES string of the molecule is CSCC(=O)NCC(=O)NCC(=O)NCC(C)=O. The smallest absolute Gasteiger partial charge is 0.239 e. The number of thioether (sulfide) groups is 1. The fourth-order valence-corrected chi connectivity index (χ4v) is 1.25. The first-order chi connectivity index (χ1) is 8.45. The molecule has 0 aliphatic rings. The molecule has 0 aliphatic carbocycles. The Bertz CT molecular complexity index is 333. The van der Waals surface area contributed by atoms with E-state index in [4.69, 9.17) is 0 Å². The van der Waals surface area contributed by atoms with E-state index in [2.05, 4.69) is 16.0 Å². The van der Waals surface area contributed by atoms with Crippen molar-refractivity contribution in [2.45, 2.75) is 6.92 Å². The van der Waals surface area contributed by atoms with Crippen molar-refractivity contribution in [3.8, 4) is 0 Å². The van der Waals surface area contributed by atoms with Gasteiger partial charge in [0.2, 0.25) is 17.7 Å². The molecule has 0 saturated heterocycles. The maximum Gasteiger partial charge on any atom is 0.239 e. The van der Waals surface area contributed by atoms with E-state index in [0.717, 1.165) is 0 Å². The molecular weight excluding hydrogens is 258 g/mol. The molecule has 0 radical (unpaired) electrons. The van der Waals surface area contributed by atoms with E-state index in [9.17, 15) is 19.2 Å². The number of hydrogen-bond acceptors (Lipinski definition) is 5. The second kappa shape index (κ2) is 9.46. The average molecular weight is 275 g/mol. The maximum absolute atomic E-state index is 11.2. The van der Waals surface area contributed by atoms with Gasteiger partial charge >= 0.3 is 0 Å². The van der Waals surface area contributed by atoms with Crippen molar-refractivity contribution in [3.63, 3.8) is 0 Å². The van der Waals surface area contributed by atoms with E-state index in [-0.39, 0.29) is 37.1 Å². The van der Waals surface area contributed by atoms with E-state index < -0.39 is 11.8 Å². The summed E-state index contributed by atoms with van der Waals surface area (Å²) in [5.74, 6) is -1.03. The fourth-order valence-electron chi connectivity index (χ4n) is 0.888. The van der Waals surface area contributed by atoms with Gasteiger partial charge in [0.25, 0.3) is 0 Å². The van der Waals surface area contributed by atoms with Gasteiger partial charge in [-0.15, -0.1) is 0 Å². The molecule has 7 nitrogen and oxygen atoms in total. The van der Waals surface area contributed by atoms with Crippen LogP contribution in [-0.4, -0.2) is 55.1 Å². The summed E-state index contributed by atoms with van der Waals surface area (Å²) < 4.78 is 0. The van der Waals surface area contributed by atoms with Crippen LogP contribution in [-0.2, 0) is 19.2 Å². The monoisotopic (exact) mass is 275 g/mol. The fraction of sp³-hybridized carbons (Fsp3) is 0.600. The predicted molar refractivity (Wildman–Crippen MR) is 68.1 cm³/mol. The zero-order chi connectivity index (χ0) is 14.0. The third-order valence-electron chi connectivity index (χ3n) is 1.70. The largest absolute Gasteiger partial charge is 0.348 e. The van der Waals surface area contributed by atoms with Gasteiger partial charge in [0.1, 0.15) is 5.78 Å². The number of Topliss-reactive ketones (excluding diaryl/α,β-unsaturated/α-hetero) is 1. The van der Waals surface area contributed by atoms with Crippen molar-refractivity contribution >= 4 is 35.3 Å². The minimum Gasteiger partial charge on any atom is -0.348 e. The lowest BCUT2D eigenvalue weighted by Crippen LogP contribution is -2.43. The highest BCUT2D eigenvalue weighted by Crippen LogP contribution is 1.88. The molecule has 3 N–H and O–H groups in total. The van der Waals surface area contributed by atoms with Gasteiger partial charge in [0, 0.05) is 0 Å². The summed E-state index contributed by atoms with van der Waals surface area (Å²) in [7, 11) is 0.